The normalized spacial score (nSPS) is 21.5. The van der Waals surface area contributed by atoms with Gasteiger partial charge in [-0.15, -0.1) is 0 Å². The van der Waals surface area contributed by atoms with E-state index in [9.17, 15) is 14.4 Å². The van der Waals surface area contributed by atoms with Gasteiger partial charge in [-0.2, -0.15) is 0 Å². The van der Waals surface area contributed by atoms with Gasteiger partial charge < -0.3 is 19.4 Å². The van der Waals surface area contributed by atoms with Gasteiger partial charge in [0.15, 0.2) is 5.78 Å². The van der Waals surface area contributed by atoms with Crippen LogP contribution in [0.4, 0.5) is 0 Å². The summed E-state index contributed by atoms with van der Waals surface area (Å²) in [5.74, 6) is 0.656. The standard InChI is InChI=1S/C25H30N2O5/c1-15(2)12-19(25(30)27-11-7-10-21-23(27)20(28)14-31-21)26-24(29)18-13-22(32-16(18)3)17-8-5-4-6-9-17/h4-6,8-9,13,15,19,21,23H,7,10-12,14H2,1-3H3,(H,26,29). The average molecular weight is 439 g/mol. The fourth-order valence-electron chi connectivity index (χ4n) is 4.62. The van der Waals surface area contributed by atoms with Crippen molar-refractivity contribution in [1.29, 1.82) is 0 Å². The Morgan fingerprint density at radius 2 is 1.97 bits per heavy atom. The van der Waals surface area contributed by atoms with Gasteiger partial charge in [-0.25, -0.2) is 0 Å². The maximum atomic E-state index is 13.5. The first-order chi connectivity index (χ1) is 15.3. The predicted octanol–water partition coefficient (Wildman–Crippen LogP) is 3.36. The maximum absolute atomic E-state index is 13.5. The molecule has 2 aliphatic heterocycles. The highest BCUT2D eigenvalue weighted by Gasteiger charge is 2.45. The van der Waals surface area contributed by atoms with Gasteiger partial charge in [0.2, 0.25) is 5.91 Å². The SMILES string of the molecule is Cc1oc(-c2ccccc2)cc1C(=O)NC(CC(C)C)C(=O)N1CCCC2OCC(=O)C21. The summed E-state index contributed by atoms with van der Waals surface area (Å²) in [4.78, 5) is 40.6. The summed E-state index contributed by atoms with van der Waals surface area (Å²) < 4.78 is 11.4. The van der Waals surface area contributed by atoms with E-state index in [0.717, 1.165) is 18.4 Å². The number of hydrogen-bond acceptors (Lipinski definition) is 5. The number of hydrogen-bond donors (Lipinski definition) is 1. The van der Waals surface area contributed by atoms with E-state index in [-0.39, 0.29) is 36.2 Å². The lowest BCUT2D eigenvalue weighted by Crippen LogP contribution is -2.58. The Hall–Kier alpha value is -2.93. The number of nitrogens with zero attached hydrogens (tertiary/aromatic N) is 1. The molecule has 0 spiro atoms. The Bertz CT molecular complexity index is 997. The van der Waals surface area contributed by atoms with Crippen molar-refractivity contribution in [3.63, 3.8) is 0 Å². The Balaban J connectivity index is 1.54. The van der Waals surface area contributed by atoms with Crippen molar-refractivity contribution in [1.82, 2.24) is 10.2 Å². The lowest BCUT2D eigenvalue weighted by atomic mass is 9.95. The van der Waals surface area contributed by atoms with E-state index in [4.69, 9.17) is 9.15 Å². The van der Waals surface area contributed by atoms with Crippen LogP contribution in [0.3, 0.4) is 0 Å². The number of rotatable bonds is 6. The van der Waals surface area contributed by atoms with Crippen molar-refractivity contribution < 1.29 is 23.5 Å². The number of benzene rings is 1. The molecule has 2 fully saturated rings. The first-order valence-corrected chi connectivity index (χ1v) is 11.3. The molecule has 3 unspecified atom stereocenters. The number of carbonyl (C=O) groups is 3. The number of fused-ring (bicyclic) bond motifs is 1. The number of ketones is 1. The van der Waals surface area contributed by atoms with Gasteiger partial charge >= 0.3 is 0 Å². The van der Waals surface area contributed by atoms with Crippen LogP contribution in [0.2, 0.25) is 0 Å². The summed E-state index contributed by atoms with van der Waals surface area (Å²) in [5, 5.41) is 2.92. The van der Waals surface area contributed by atoms with E-state index < -0.39 is 12.1 Å². The molecule has 2 saturated heterocycles. The topological polar surface area (TPSA) is 88.8 Å². The van der Waals surface area contributed by atoms with Crippen LogP contribution in [0.5, 0.6) is 0 Å². The van der Waals surface area contributed by atoms with Crippen molar-refractivity contribution in [3.05, 3.63) is 47.7 Å². The van der Waals surface area contributed by atoms with E-state index in [1.807, 2.05) is 44.2 Å². The van der Waals surface area contributed by atoms with Gasteiger partial charge in [-0.1, -0.05) is 44.2 Å². The molecule has 0 radical (unpaired) electrons. The molecule has 0 aliphatic carbocycles. The van der Waals surface area contributed by atoms with Crippen molar-refractivity contribution >= 4 is 17.6 Å². The lowest BCUT2D eigenvalue weighted by molar-refractivity contribution is -0.142. The van der Waals surface area contributed by atoms with E-state index in [1.54, 1.807) is 17.9 Å². The second kappa shape index (κ2) is 9.28. The largest absolute Gasteiger partial charge is 0.461 e. The monoisotopic (exact) mass is 438 g/mol. The maximum Gasteiger partial charge on any atom is 0.255 e. The fourth-order valence-corrected chi connectivity index (χ4v) is 4.62. The highest BCUT2D eigenvalue weighted by Crippen LogP contribution is 2.28. The predicted molar refractivity (Wildman–Crippen MR) is 119 cm³/mol. The number of piperidine rings is 1. The van der Waals surface area contributed by atoms with Crippen molar-refractivity contribution in [2.75, 3.05) is 13.2 Å². The summed E-state index contributed by atoms with van der Waals surface area (Å²) in [6.07, 6.45) is 1.80. The third kappa shape index (κ3) is 4.48. The van der Waals surface area contributed by atoms with E-state index in [1.165, 1.54) is 0 Å². The number of likely N-dealkylation sites (tertiary alicyclic amines) is 1. The van der Waals surface area contributed by atoms with Crippen LogP contribution in [0.15, 0.2) is 40.8 Å². The summed E-state index contributed by atoms with van der Waals surface area (Å²) >= 11 is 0. The molecule has 2 aromatic rings. The number of furan rings is 1. The quantitative estimate of drug-likeness (QED) is 0.747. The zero-order valence-corrected chi connectivity index (χ0v) is 18.8. The van der Waals surface area contributed by atoms with Gasteiger partial charge in [0, 0.05) is 12.1 Å². The molecule has 1 aromatic carbocycles. The molecule has 3 heterocycles. The molecular formula is C25H30N2O5. The minimum atomic E-state index is -0.718. The minimum Gasteiger partial charge on any atom is -0.461 e. The lowest BCUT2D eigenvalue weighted by Gasteiger charge is -2.37. The first kappa shape index (κ1) is 22.3. The van der Waals surface area contributed by atoms with Gasteiger partial charge in [-0.3, -0.25) is 14.4 Å². The van der Waals surface area contributed by atoms with E-state index >= 15 is 0 Å². The molecule has 7 heteroatoms. The Morgan fingerprint density at radius 3 is 2.69 bits per heavy atom. The summed E-state index contributed by atoms with van der Waals surface area (Å²) in [7, 11) is 0. The number of aryl methyl sites for hydroxylation is 1. The number of carbonyl (C=O) groups excluding carboxylic acids is 3. The molecule has 2 amide bonds. The second-order valence-electron chi connectivity index (χ2n) is 9.04. The van der Waals surface area contributed by atoms with Crippen LogP contribution in [-0.2, 0) is 14.3 Å². The van der Waals surface area contributed by atoms with Crippen LogP contribution in [-0.4, -0.2) is 53.8 Å². The first-order valence-electron chi connectivity index (χ1n) is 11.3. The van der Waals surface area contributed by atoms with E-state index in [0.29, 0.717) is 30.0 Å². The summed E-state index contributed by atoms with van der Waals surface area (Å²) in [6.45, 7) is 6.31. The zero-order valence-electron chi connectivity index (χ0n) is 18.8. The van der Waals surface area contributed by atoms with Gasteiger partial charge in [-0.05, 0) is 38.2 Å². The highest BCUT2D eigenvalue weighted by molar-refractivity contribution is 6.00. The summed E-state index contributed by atoms with van der Waals surface area (Å²) in [6, 6.07) is 10.0. The zero-order chi connectivity index (χ0) is 22.8. The molecule has 1 N–H and O–H groups in total. The molecule has 0 bridgehead atoms. The molecule has 4 rings (SSSR count). The summed E-state index contributed by atoms with van der Waals surface area (Å²) in [5.41, 5.74) is 1.28. The molecule has 7 nitrogen and oxygen atoms in total. The van der Waals surface area contributed by atoms with Gasteiger partial charge in [0.1, 0.15) is 30.2 Å². The van der Waals surface area contributed by atoms with Crippen molar-refractivity contribution in [3.8, 4) is 11.3 Å². The molecular weight excluding hydrogens is 408 g/mol. The fraction of sp³-hybridized carbons (Fsp3) is 0.480. The average Bonchev–Trinajstić information content (AvgIpc) is 3.36. The van der Waals surface area contributed by atoms with Gasteiger partial charge in [0.05, 0.1) is 11.7 Å². The Morgan fingerprint density at radius 1 is 1.22 bits per heavy atom. The highest BCUT2D eigenvalue weighted by atomic mass is 16.5. The number of Topliss-reactive ketones (excluding diaryl/α,β-unsaturated/α-hetero) is 1. The van der Waals surface area contributed by atoms with Crippen LogP contribution in [0, 0.1) is 12.8 Å². The van der Waals surface area contributed by atoms with Crippen LogP contribution in [0.1, 0.15) is 49.2 Å². The minimum absolute atomic E-state index is 0.0524. The van der Waals surface area contributed by atoms with Crippen LogP contribution in [0.25, 0.3) is 11.3 Å². The van der Waals surface area contributed by atoms with Crippen LogP contribution < -0.4 is 5.32 Å². The number of nitrogens with one attached hydrogen (secondary N) is 1. The van der Waals surface area contributed by atoms with Gasteiger partial charge in [0.25, 0.3) is 5.91 Å². The van der Waals surface area contributed by atoms with E-state index in [2.05, 4.69) is 5.32 Å². The van der Waals surface area contributed by atoms with Crippen molar-refractivity contribution in [2.24, 2.45) is 5.92 Å². The molecule has 2 aliphatic rings. The number of ether oxygens (including phenoxy) is 1. The third-order valence-electron chi connectivity index (χ3n) is 6.16. The molecule has 0 saturated carbocycles. The Labute approximate surface area is 188 Å². The number of amides is 2. The molecule has 1 aromatic heterocycles. The smallest absolute Gasteiger partial charge is 0.255 e. The molecule has 170 valence electrons. The third-order valence-corrected chi connectivity index (χ3v) is 6.16. The van der Waals surface area contributed by atoms with Crippen LogP contribution >= 0.6 is 0 Å². The van der Waals surface area contributed by atoms with Crippen molar-refractivity contribution in [2.45, 2.75) is 58.2 Å². The molecule has 3 atom stereocenters. The Kier molecular flexibility index (Phi) is 6.46. The molecule has 32 heavy (non-hydrogen) atoms. The second-order valence-corrected chi connectivity index (χ2v) is 9.04.